The minimum Gasteiger partial charge on any atom is -0.321 e. The molecule has 132 valence electrons. The van der Waals surface area contributed by atoms with Crippen molar-refractivity contribution in [3.63, 3.8) is 0 Å². The number of nitrogens with zero attached hydrogens (tertiary/aromatic N) is 3. The molecule has 7 heteroatoms. The fraction of sp³-hybridized carbons (Fsp3) is 0.389. The Bertz CT molecular complexity index is 782. The summed E-state index contributed by atoms with van der Waals surface area (Å²) in [7, 11) is 1.52. The van der Waals surface area contributed by atoms with Crippen LogP contribution in [0.2, 0.25) is 0 Å². The van der Waals surface area contributed by atoms with Crippen LogP contribution in [0.4, 0.5) is 5.69 Å². The van der Waals surface area contributed by atoms with E-state index in [1.165, 1.54) is 49.3 Å². The highest BCUT2D eigenvalue weighted by Crippen LogP contribution is 2.13. The van der Waals surface area contributed by atoms with Gasteiger partial charge in [0.15, 0.2) is 0 Å². The van der Waals surface area contributed by atoms with Crippen LogP contribution in [0.3, 0.4) is 0 Å². The summed E-state index contributed by atoms with van der Waals surface area (Å²) in [6, 6.07) is 10.7. The van der Waals surface area contributed by atoms with Gasteiger partial charge in [-0.15, -0.1) is 0 Å². The molecule has 1 aromatic heterocycles. The summed E-state index contributed by atoms with van der Waals surface area (Å²) in [5.74, 6) is 2.13. The Balaban J connectivity index is 1.55. The SMILES string of the molecule is Cn1nc(C(=O)Nc2ccc(CCN3CCSCC3)cc2)ccc1=O. The molecule has 0 bridgehead atoms. The average Bonchev–Trinajstić information content (AvgIpc) is 2.64. The maximum absolute atomic E-state index is 12.2. The number of nitrogens with one attached hydrogen (secondary N) is 1. The van der Waals surface area contributed by atoms with Crippen LogP contribution in [0.1, 0.15) is 16.1 Å². The highest BCUT2D eigenvalue weighted by Gasteiger charge is 2.11. The van der Waals surface area contributed by atoms with Crippen LogP contribution in [-0.4, -0.2) is 51.7 Å². The molecule has 0 radical (unpaired) electrons. The number of hydrogen-bond acceptors (Lipinski definition) is 5. The van der Waals surface area contributed by atoms with Crippen molar-refractivity contribution >= 4 is 23.4 Å². The third-order valence-electron chi connectivity index (χ3n) is 4.23. The van der Waals surface area contributed by atoms with Crippen molar-refractivity contribution in [3.8, 4) is 0 Å². The molecular weight excluding hydrogens is 336 g/mol. The molecule has 0 unspecified atom stereocenters. The molecule has 1 aliphatic rings. The minimum absolute atomic E-state index is 0.217. The number of thioether (sulfide) groups is 1. The number of benzene rings is 1. The zero-order valence-corrected chi connectivity index (χ0v) is 15.1. The lowest BCUT2D eigenvalue weighted by Crippen LogP contribution is -2.34. The largest absolute Gasteiger partial charge is 0.321 e. The summed E-state index contributed by atoms with van der Waals surface area (Å²) in [6.45, 7) is 3.42. The maximum atomic E-state index is 12.2. The predicted molar refractivity (Wildman–Crippen MR) is 101 cm³/mol. The molecular formula is C18H22N4O2S. The molecule has 0 aliphatic carbocycles. The van der Waals surface area contributed by atoms with Gasteiger partial charge in [-0.25, -0.2) is 4.68 Å². The molecule has 1 aliphatic heterocycles. The number of amides is 1. The average molecular weight is 358 g/mol. The van der Waals surface area contributed by atoms with E-state index in [4.69, 9.17) is 0 Å². The number of carbonyl (C=O) groups is 1. The fourth-order valence-corrected chi connectivity index (χ4v) is 3.66. The Morgan fingerprint density at radius 2 is 1.88 bits per heavy atom. The van der Waals surface area contributed by atoms with Crippen LogP contribution < -0.4 is 10.9 Å². The molecule has 3 rings (SSSR count). The van der Waals surface area contributed by atoms with Crippen molar-refractivity contribution < 1.29 is 4.79 Å². The van der Waals surface area contributed by atoms with E-state index in [1.54, 1.807) is 0 Å². The smallest absolute Gasteiger partial charge is 0.276 e. The molecule has 1 aromatic carbocycles. The Labute approximate surface area is 151 Å². The molecule has 0 atom stereocenters. The Kier molecular flexibility index (Phi) is 5.88. The van der Waals surface area contributed by atoms with Crippen LogP contribution >= 0.6 is 11.8 Å². The number of aryl methyl sites for hydroxylation is 1. The van der Waals surface area contributed by atoms with Gasteiger partial charge in [-0.05, 0) is 30.2 Å². The molecule has 0 spiro atoms. The standard InChI is InChI=1S/C18H22N4O2S/c1-21-17(23)7-6-16(20-21)18(24)19-15-4-2-14(3-5-15)8-9-22-10-12-25-13-11-22/h2-7H,8-13H2,1H3,(H,19,24). The van der Waals surface area contributed by atoms with Crippen molar-refractivity contribution in [1.29, 1.82) is 0 Å². The van der Waals surface area contributed by atoms with Gasteiger partial charge in [0.1, 0.15) is 5.69 Å². The predicted octanol–water partition coefficient (Wildman–Crippen LogP) is 1.62. The number of carbonyl (C=O) groups excluding carboxylic acids is 1. The topological polar surface area (TPSA) is 67.2 Å². The molecule has 1 amide bonds. The second-order valence-electron chi connectivity index (χ2n) is 6.04. The van der Waals surface area contributed by atoms with Gasteiger partial charge < -0.3 is 10.2 Å². The van der Waals surface area contributed by atoms with Gasteiger partial charge >= 0.3 is 0 Å². The molecule has 1 fully saturated rings. The third kappa shape index (κ3) is 4.93. The fourth-order valence-electron chi connectivity index (χ4n) is 2.69. The second kappa shape index (κ2) is 8.31. The Morgan fingerprint density at radius 1 is 1.16 bits per heavy atom. The lowest BCUT2D eigenvalue weighted by Gasteiger charge is -2.26. The van der Waals surface area contributed by atoms with E-state index in [0.29, 0.717) is 0 Å². The van der Waals surface area contributed by atoms with Gasteiger partial charge in [-0.2, -0.15) is 16.9 Å². The first-order valence-corrected chi connectivity index (χ1v) is 9.52. The highest BCUT2D eigenvalue weighted by atomic mass is 32.2. The van der Waals surface area contributed by atoms with Gasteiger partial charge in [0.25, 0.3) is 11.5 Å². The summed E-state index contributed by atoms with van der Waals surface area (Å²) in [5.41, 5.74) is 1.96. The first kappa shape index (κ1) is 17.7. The first-order chi connectivity index (χ1) is 12.1. The molecule has 2 aromatic rings. The van der Waals surface area contributed by atoms with Crippen LogP contribution in [0.25, 0.3) is 0 Å². The van der Waals surface area contributed by atoms with Gasteiger partial charge in [0.2, 0.25) is 0 Å². The Morgan fingerprint density at radius 3 is 2.56 bits per heavy atom. The van der Waals surface area contributed by atoms with E-state index in [2.05, 4.69) is 15.3 Å². The van der Waals surface area contributed by atoms with Gasteiger partial charge in [-0.1, -0.05) is 12.1 Å². The normalized spacial score (nSPS) is 15.1. The highest BCUT2D eigenvalue weighted by molar-refractivity contribution is 7.99. The number of rotatable bonds is 5. The van der Waals surface area contributed by atoms with Crippen molar-refractivity contribution in [2.45, 2.75) is 6.42 Å². The van der Waals surface area contributed by atoms with Crippen LogP contribution in [0.15, 0.2) is 41.2 Å². The quantitative estimate of drug-likeness (QED) is 0.880. The number of anilines is 1. The molecule has 25 heavy (non-hydrogen) atoms. The van der Waals surface area contributed by atoms with E-state index in [9.17, 15) is 9.59 Å². The summed E-state index contributed by atoms with van der Waals surface area (Å²) >= 11 is 2.02. The number of aromatic nitrogens is 2. The van der Waals surface area contributed by atoms with E-state index in [-0.39, 0.29) is 17.2 Å². The lowest BCUT2D eigenvalue weighted by molar-refractivity contribution is 0.102. The summed E-state index contributed by atoms with van der Waals surface area (Å²) in [4.78, 5) is 26.0. The summed E-state index contributed by atoms with van der Waals surface area (Å²) in [6.07, 6.45) is 1.02. The van der Waals surface area contributed by atoms with Crippen molar-refractivity contribution in [1.82, 2.24) is 14.7 Å². The third-order valence-corrected chi connectivity index (χ3v) is 5.17. The number of hydrogen-bond donors (Lipinski definition) is 1. The minimum atomic E-state index is -0.325. The van der Waals surface area contributed by atoms with Gasteiger partial charge in [-0.3, -0.25) is 9.59 Å². The zero-order chi connectivity index (χ0) is 17.6. The first-order valence-electron chi connectivity index (χ1n) is 8.36. The van der Waals surface area contributed by atoms with Crippen molar-refractivity contribution in [2.24, 2.45) is 7.05 Å². The van der Waals surface area contributed by atoms with E-state index in [0.717, 1.165) is 23.3 Å². The second-order valence-corrected chi connectivity index (χ2v) is 7.26. The van der Waals surface area contributed by atoms with Crippen LogP contribution in [0.5, 0.6) is 0 Å². The zero-order valence-electron chi connectivity index (χ0n) is 14.3. The van der Waals surface area contributed by atoms with Crippen molar-refractivity contribution in [3.05, 3.63) is 58.0 Å². The summed E-state index contributed by atoms with van der Waals surface area (Å²) < 4.78 is 1.15. The molecule has 1 saturated heterocycles. The molecule has 0 saturated carbocycles. The van der Waals surface area contributed by atoms with Crippen LogP contribution in [0, 0.1) is 0 Å². The maximum Gasteiger partial charge on any atom is 0.276 e. The Hall–Kier alpha value is -2.12. The lowest BCUT2D eigenvalue weighted by atomic mass is 10.1. The molecule has 1 N–H and O–H groups in total. The monoisotopic (exact) mass is 358 g/mol. The summed E-state index contributed by atoms with van der Waals surface area (Å²) in [5, 5.41) is 6.76. The van der Waals surface area contributed by atoms with Gasteiger partial charge in [0.05, 0.1) is 0 Å². The molecule has 6 nitrogen and oxygen atoms in total. The van der Waals surface area contributed by atoms with E-state index >= 15 is 0 Å². The van der Waals surface area contributed by atoms with Crippen LogP contribution in [-0.2, 0) is 13.5 Å². The van der Waals surface area contributed by atoms with E-state index < -0.39 is 0 Å². The molecule has 2 heterocycles. The van der Waals surface area contributed by atoms with Gasteiger partial charge in [0, 0.05) is 49.9 Å². The van der Waals surface area contributed by atoms with Crippen molar-refractivity contribution in [2.75, 3.05) is 36.5 Å². The van der Waals surface area contributed by atoms with E-state index in [1.807, 2.05) is 36.0 Å².